The van der Waals surface area contributed by atoms with E-state index in [1.54, 1.807) is 34.9 Å². The van der Waals surface area contributed by atoms with Crippen molar-refractivity contribution in [3.63, 3.8) is 0 Å². The fourth-order valence-corrected chi connectivity index (χ4v) is 4.01. The summed E-state index contributed by atoms with van der Waals surface area (Å²) in [6.07, 6.45) is -0.0581. The molecule has 39 heavy (non-hydrogen) atoms. The molecule has 0 bridgehead atoms. The van der Waals surface area contributed by atoms with E-state index in [0.29, 0.717) is 16.9 Å². The van der Waals surface area contributed by atoms with Gasteiger partial charge in [-0.2, -0.15) is 13.2 Å². The van der Waals surface area contributed by atoms with Gasteiger partial charge in [0.2, 0.25) is 0 Å². The van der Waals surface area contributed by atoms with Gasteiger partial charge in [-0.15, -0.1) is 0 Å². The molecule has 5 aromatic rings. The maximum atomic E-state index is 13.4. The van der Waals surface area contributed by atoms with Gasteiger partial charge in [0.15, 0.2) is 11.5 Å². The minimum atomic E-state index is -4.59. The molecule has 0 aliphatic carbocycles. The van der Waals surface area contributed by atoms with Crippen LogP contribution in [0.1, 0.15) is 26.3 Å². The third-order valence-corrected chi connectivity index (χ3v) is 6.00. The van der Waals surface area contributed by atoms with E-state index in [0.717, 1.165) is 24.3 Å². The van der Waals surface area contributed by atoms with E-state index in [4.69, 9.17) is 11.6 Å². The maximum absolute atomic E-state index is 13.4. The Morgan fingerprint density at radius 2 is 1.62 bits per heavy atom. The van der Waals surface area contributed by atoms with Crippen LogP contribution in [0.3, 0.4) is 0 Å². The molecule has 12 heteroatoms. The molecular weight excluding hydrogens is 538 g/mol. The second-order valence-electron chi connectivity index (χ2n) is 8.31. The smallest absolute Gasteiger partial charge is 0.322 e. The van der Waals surface area contributed by atoms with Crippen LogP contribution in [-0.4, -0.2) is 26.2 Å². The number of fused-ring (bicyclic) bond motifs is 1. The van der Waals surface area contributed by atoms with Gasteiger partial charge in [0.1, 0.15) is 5.82 Å². The third-order valence-electron chi connectivity index (χ3n) is 5.71. The monoisotopic (exact) mass is 553 g/mol. The Morgan fingerprint density at radius 3 is 2.38 bits per heavy atom. The van der Waals surface area contributed by atoms with E-state index in [1.807, 2.05) is 0 Å². The number of nitrogens with one attached hydrogen (secondary N) is 2. The van der Waals surface area contributed by atoms with Crippen LogP contribution in [0.2, 0.25) is 5.02 Å². The summed E-state index contributed by atoms with van der Waals surface area (Å²) < 4.78 is 54.2. The summed E-state index contributed by atoms with van der Waals surface area (Å²) in [5.74, 6) is -1.86. The number of imidazole rings is 1. The number of amides is 2. The molecule has 0 spiro atoms. The fraction of sp³-hybridized carbons (Fsp3) is 0.0370. The predicted molar refractivity (Wildman–Crippen MR) is 137 cm³/mol. The first-order valence-corrected chi connectivity index (χ1v) is 11.7. The average molecular weight is 554 g/mol. The molecule has 2 amide bonds. The van der Waals surface area contributed by atoms with Crippen molar-refractivity contribution in [2.45, 2.75) is 6.18 Å². The number of alkyl halides is 3. The Balaban J connectivity index is 1.40. The maximum Gasteiger partial charge on any atom is 0.416 e. The number of hydrogen-bond acceptors (Lipinski definition) is 4. The highest BCUT2D eigenvalue weighted by molar-refractivity contribution is 6.31. The SMILES string of the molecule is O=C(Nc1cccc(-c2cnc3c(NC(=O)c4cccc(C(F)(F)F)c4)nccn23)c1)c1ccc(F)c(Cl)c1. The van der Waals surface area contributed by atoms with E-state index in [2.05, 4.69) is 20.6 Å². The quantitative estimate of drug-likeness (QED) is 0.237. The van der Waals surface area contributed by atoms with Crippen LogP contribution in [0.15, 0.2) is 85.3 Å². The van der Waals surface area contributed by atoms with Crippen LogP contribution < -0.4 is 10.6 Å². The Morgan fingerprint density at radius 1 is 0.872 bits per heavy atom. The Kier molecular flexibility index (Phi) is 6.75. The number of rotatable bonds is 5. The highest BCUT2D eigenvalue weighted by Gasteiger charge is 2.31. The lowest BCUT2D eigenvalue weighted by molar-refractivity contribution is -0.137. The summed E-state index contributed by atoms with van der Waals surface area (Å²) in [5.41, 5.74) is 0.976. The number of hydrogen-bond donors (Lipinski definition) is 2. The van der Waals surface area contributed by atoms with Gasteiger partial charge in [-0.3, -0.25) is 14.0 Å². The van der Waals surface area contributed by atoms with Crippen molar-refractivity contribution < 1.29 is 27.2 Å². The van der Waals surface area contributed by atoms with Crippen LogP contribution in [0, 0.1) is 5.82 Å². The standard InChI is InChI=1S/C27H16ClF4N5O2/c28-20-13-17(7-8-21(20)29)25(38)35-19-6-2-3-15(12-19)22-14-34-24-23(33-9-10-37(22)24)36-26(39)16-4-1-5-18(11-16)27(30,31)32/h1-14H,(H,35,38)(H,33,36,39). The highest BCUT2D eigenvalue weighted by atomic mass is 35.5. The van der Waals surface area contributed by atoms with Crippen molar-refractivity contribution in [1.82, 2.24) is 14.4 Å². The van der Waals surface area contributed by atoms with Crippen molar-refractivity contribution in [3.05, 3.63) is 113 Å². The first-order valence-electron chi connectivity index (χ1n) is 11.3. The van der Waals surface area contributed by atoms with Crippen LogP contribution in [-0.2, 0) is 6.18 Å². The molecule has 196 valence electrons. The molecule has 0 fully saturated rings. The highest BCUT2D eigenvalue weighted by Crippen LogP contribution is 2.30. The predicted octanol–water partition coefficient (Wildman–Crippen LogP) is 6.71. The minimum absolute atomic E-state index is 0.0452. The summed E-state index contributed by atoms with van der Waals surface area (Å²) >= 11 is 5.77. The van der Waals surface area contributed by atoms with Gasteiger partial charge in [-0.05, 0) is 48.5 Å². The second kappa shape index (κ2) is 10.2. The van der Waals surface area contributed by atoms with Gasteiger partial charge < -0.3 is 10.6 Å². The molecule has 0 saturated carbocycles. The lowest BCUT2D eigenvalue weighted by atomic mass is 10.1. The molecule has 0 aliphatic rings. The van der Waals surface area contributed by atoms with Gasteiger partial charge in [-0.1, -0.05) is 29.8 Å². The molecule has 0 radical (unpaired) electrons. The van der Waals surface area contributed by atoms with Crippen molar-refractivity contribution in [1.29, 1.82) is 0 Å². The normalized spacial score (nSPS) is 11.4. The van der Waals surface area contributed by atoms with Crippen LogP contribution >= 0.6 is 11.6 Å². The Hall–Kier alpha value is -4.77. The lowest BCUT2D eigenvalue weighted by Crippen LogP contribution is -2.15. The number of anilines is 2. The summed E-state index contributed by atoms with van der Waals surface area (Å²) in [6, 6.07) is 14.5. The Bertz CT molecular complexity index is 1740. The number of carbonyl (C=O) groups is 2. The minimum Gasteiger partial charge on any atom is -0.322 e. The van der Waals surface area contributed by atoms with E-state index in [1.165, 1.54) is 30.6 Å². The van der Waals surface area contributed by atoms with Crippen molar-refractivity contribution >= 4 is 40.6 Å². The molecule has 0 aliphatic heterocycles. The van der Waals surface area contributed by atoms with Crippen LogP contribution in [0.4, 0.5) is 29.1 Å². The summed E-state index contributed by atoms with van der Waals surface area (Å²) in [4.78, 5) is 33.7. The lowest BCUT2D eigenvalue weighted by Gasteiger charge is -2.10. The molecule has 0 saturated heterocycles. The molecule has 0 unspecified atom stereocenters. The Labute approximate surface area is 223 Å². The number of carbonyl (C=O) groups excluding carboxylic acids is 2. The van der Waals surface area contributed by atoms with Gasteiger partial charge in [0.25, 0.3) is 11.8 Å². The van der Waals surface area contributed by atoms with Crippen LogP contribution in [0.25, 0.3) is 16.9 Å². The fourth-order valence-electron chi connectivity index (χ4n) is 3.83. The number of halogens is 5. The molecule has 2 heterocycles. The zero-order chi connectivity index (χ0) is 27.7. The molecule has 2 aromatic heterocycles. The average Bonchev–Trinajstić information content (AvgIpc) is 3.35. The number of aromatic nitrogens is 3. The third kappa shape index (κ3) is 5.43. The van der Waals surface area contributed by atoms with E-state index >= 15 is 0 Å². The topological polar surface area (TPSA) is 88.4 Å². The van der Waals surface area contributed by atoms with Gasteiger partial charge in [0.05, 0.1) is 22.5 Å². The summed E-state index contributed by atoms with van der Waals surface area (Å²) in [7, 11) is 0. The summed E-state index contributed by atoms with van der Waals surface area (Å²) in [6.45, 7) is 0. The van der Waals surface area contributed by atoms with E-state index < -0.39 is 29.4 Å². The van der Waals surface area contributed by atoms with Gasteiger partial charge >= 0.3 is 6.18 Å². The first-order chi connectivity index (χ1) is 18.6. The molecule has 5 rings (SSSR count). The summed E-state index contributed by atoms with van der Waals surface area (Å²) in [5, 5.41) is 5.07. The van der Waals surface area contributed by atoms with Crippen molar-refractivity contribution in [2.24, 2.45) is 0 Å². The number of nitrogens with zero attached hydrogens (tertiary/aromatic N) is 3. The van der Waals surface area contributed by atoms with E-state index in [-0.39, 0.29) is 27.6 Å². The number of benzene rings is 3. The molecule has 3 aromatic carbocycles. The molecule has 0 atom stereocenters. The van der Waals surface area contributed by atoms with E-state index in [9.17, 15) is 27.2 Å². The van der Waals surface area contributed by atoms with Gasteiger partial charge in [0, 0.05) is 34.8 Å². The zero-order valence-electron chi connectivity index (χ0n) is 19.6. The molecular formula is C27H16ClF4N5O2. The van der Waals surface area contributed by atoms with Crippen LogP contribution in [0.5, 0.6) is 0 Å². The zero-order valence-corrected chi connectivity index (χ0v) is 20.4. The second-order valence-corrected chi connectivity index (χ2v) is 8.72. The molecule has 2 N–H and O–H groups in total. The first kappa shape index (κ1) is 25.9. The largest absolute Gasteiger partial charge is 0.416 e. The molecule has 7 nitrogen and oxygen atoms in total. The van der Waals surface area contributed by atoms with Gasteiger partial charge in [-0.25, -0.2) is 14.4 Å². The van der Waals surface area contributed by atoms with Crippen molar-refractivity contribution in [3.8, 4) is 11.3 Å². The van der Waals surface area contributed by atoms with Crippen molar-refractivity contribution in [2.75, 3.05) is 10.6 Å².